The highest BCUT2D eigenvalue weighted by Gasteiger charge is 2.36. The number of anilines is 1. The Kier molecular flexibility index (Phi) is 6.89. The van der Waals surface area contributed by atoms with Crippen molar-refractivity contribution in [3.8, 4) is 0 Å². The van der Waals surface area contributed by atoms with Crippen LogP contribution in [0, 0.1) is 0 Å². The lowest BCUT2D eigenvalue weighted by Crippen LogP contribution is -2.38. The Labute approximate surface area is 188 Å². The number of rotatable bonds is 6. The van der Waals surface area contributed by atoms with Crippen LogP contribution in [0.5, 0.6) is 0 Å². The van der Waals surface area contributed by atoms with Gasteiger partial charge in [-0.2, -0.15) is 13.2 Å². The number of piperidine rings is 1. The van der Waals surface area contributed by atoms with E-state index in [-0.39, 0.29) is 33.8 Å². The minimum Gasteiger partial charge on any atom is -0.392 e. The van der Waals surface area contributed by atoms with E-state index in [1.165, 1.54) is 12.4 Å². The minimum atomic E-state index is -4.54. The van der Waals surface area contributed by atoms with E-state index in [1.807, 2.05) is 4.90 Å². The highest BCUT2D eigenvalue weighted by Crippen LogP contribution is 2.40. The summed E-state index contributed by atoms with van der Waals surface area (Å²) in [5, 5.41) is 13.5. The van der Waals surface area contributed by atoms with Gasteiger partial charge in [0.05, 0.1) is 40.2 Å². The number of alkyl halides is 3. The van der Waals surface area contributed by atoms with E-state index >= 15 is 0 Å². The quantitative estimate of drug-likeness (QED) is 0.673. The number of fused-ring (bicyclic) bond motifs is 1. The number of amides is 1. The van der Waals surface area contributed by atoms with Gasteiger partial charge in [-0.25, -0.2) is 4.98 Å². The zero-order chi connectivity index (χ0) is 22.9. The number of β-amino-alcohol motifs (C(OH)–C–C–N with tert-alkyl or cyclic N) is 1. The van der Waals surface area contributed by atoms with E-state index in [1.54, 1.807) is 0 Å². The summed E-state index contributed by atoms with van der Waals surface area (Å²) >= 11 is 0.885. The van der Waals surface area contributed by atoms with Gasteiger partial charge in [0, 0.05) is 45.2 Å². The number of hydrogen-bond donors (Lipinski definition) is 2. The monoisotopic (exact) mass is 472 g/mol. The number of hydrogen-bond acceptors (Lipinski definition) is 7. The zero-order valence-corrected chi connectivity index (χ0v) is 18.6. The average Bonchev–Trinajstić information content (AvgIpc) is 3.38. The smallest absolute Gasteiger partial charge is 0.392 e. The third-order valence-corrected chi connectivity index (χ3v) is 7.06. The summed E-state index contributed by atoms with van der Waals surface area (Å²) in [4.78, 5) is 20.6. The molecular weight excluding hydrogens is 445 g/mol. The predicted molar refractivity (Wildman–Crippen MR) is 116 cm³/mol. The van der Waals surface area contributed by atoms with Crippen molar-refractivity contribution < 1.29 is 27.8 Å². The molecule has 2 aromatic heterocycles. The standard InChI is InChI=1S/C21H27F3N4O3S/c1-25-20(30)15-12-32-19-16(21(22,23)24)10-17(26-18(15)19)28-6-3-14(4-7-28)31-9-8-27-5-2-13(29)11-27/h10,12-14,29H,2-9,11H2,1H3,(H,25,30). The first-order valence-electron chi connectivity index (χ1n) is 10.7. The molecule has 0 aliphatic carbocycles. The molecule has 2 aromatic rings. The van der Waals surface area contributed by atoms with Gasteiger partial charge in [-0.3, -0.25) is 9.69 Å². The highest BCUT2D eigenvalue weighted by atomic mass is 32.1. The lowest BCUT2D eigenvalue weighted by Gasteiger charge is -2.33. The van der Waals surface area contributed by atoms with Crippen LogP contribution in [0.4, 0.5) is 19.0 Å². The maximum Gasteiger partial charge on any atom is 0.417 e. The Morgan fingerprint density at radius 2 is 2.06 bits per heavy atom. The molecule has 0 saturated carbocycles. The van der Waals surface area contributed by atoms with E-state index in [2.05, 4.69) is 15.2 Å². The number of aliphatic hydroxyl groups is 1. The number of aliphatic hydroxyl groups excluding tert-OH is 1. The molecule has 2 aliphatic rings. The summed E-state index contributed by atoms with van der Waals surface area (Å²) in [5.41, 5.74) is -0.515. The third kappa shape index (κ3) is 5.00. The highest BCUT2D eigenvalue weighted by molar-refractivity contribution is 7.17. The van der Waals surface area contributed by atoms with Gasteiger partial charge in [0.15, 0.2) is 0 Å². The van der Waals surface area contributed by atoms with Gasteiger partial charge in [-0.05, 0) is 25.3 Å². The van der Waals surface area contributed by atoms with Crippen molar-refractivity contribution in [3.05, 3.63) is 22.6 Å². The molecule has 1 amide bonds. The number of nitrogens with zero attached hydrogens (tertiary/aromatic N) is 3. The summed E-state index contributed by atoms with van der Waals surface area (Å²) in [6, 6.07) is 1.09. The van der Waals surface area contributed by atoms with Gasteiger partial charge < -0.3 is 20.1 Å². The van der Waals surface area contributed by atoms with Crippen molar-refractivity contribution in [3.63, 3.8) is 0 Å². The van der Waals surface area contributed by atoms with E-state index in [9.17, 15) is 23.1 Å². The second-order valence-electron chi connectivity index (χ2n) is 8.23. The second kappa shape index (κ2) is 9.50. The summed E-state index contributed by atoms with van der Waals surface area (Å²) in [6.07, 6.45) is -2.57. The fourth-order valence-electron chi connectivity index (χ4n) is 4.28. The molecule has 176 valence electrons. The molecule has 2 N–H and O–H groups in total. The first kappa shape index (κ1) is 23.2. The zero-order valence-electron chi connectivity index (χ0n) is 17.8. The Morgan fingerprint density at radius 1 is 1.31 bits per heavy atom. The Hall–Kier alpha value is -1.95. The number of aromatic nitrogens is 1. The van der Waals surface area contributed by atoms with Crippen molar-refractivity contribution in [2.75, 3.05) is 51.3 Å². The van der Waals surface area contributed by atoms with Crippen LogP contribution in [-0.4, -0.2) is 79.5 Å². The second-order valence-corrected chi connectivity index (χ2v) is 9.11. The molecule has 0 spiro atoms. The number of carbonyl (C=O) groups is 1. The molecule has 0 radical (unpaired) electrons. The fourth-order valence-corrected chi connectivity index (χ4v) is 5.30. The van der Waals surface area contributed by atoms with Crippen LogP contribution in [0.1, 0.15) is 35.2 Å². The lowest BCUT2D eigenvalue weighted by atomic mass is 10.1. The van der Waals surface area contributed by atoms with Gasteiger partial charge in [0.1, 0.15) is 5.82 Å². The number of carbonyl (C=O) groups excluding carboxylic acids is 1. The van der Waals surface area contributed by atoms with E-state index in [0.29, 0.717) is 39.1 Å². The van der Waals surface area contributed by atoms with Gasteiger partial charge >= 0.3 is 6.18 Å². The van der Waals surface area contributed by atoms with Crippen molar-refractivity contribution in [1.82, 2.24) is 15.2 Å². The molecule has 32 heavy (non-hydrogen) atoms. The lowest BCUT2D eigenvalue weighted by molar-refractivity contribution is -0.136. The molecule has 4 rings (SSSR count). The number of nitrogens with one attached hydrogen (secondary N) is 1. The molecule has 2 fully saturated rings. The molecule has 1 atom stereocenters. The maximum absolute atomic E-state index is 13.7. The van der Waals surface area contributed by atoms with E-state index in [4.69, 9.17) is 4.74 Å². The molecule has 2 saturated heterocycles. The van der Waals surface area contributed by atoms with Crippen molar-refractivity contribution >= 4 is 33.3 Å². The van der Waals surface area contributed by atoms with Gasteiger partial charge in [-0.1, -0.05) is 0 Å². The van der Waals surface area contributed by atoms with Gasteiger partial charge in [-0.15, -0.1) is 11.3 Å². The number of likely N-dealkylation sites (tertiary alicyclic amines) is 1. The maximum atomic E-state index is 13.7. The van der Waals surface area contributed by atoms with Crippen LogP contribution in [-0.2, 0) is 10.9 Å². The average molecular weight is 473 g/mol. The topological polar surface area (TPSA) is 77.9 Å². The summed E-state index contributed by atoms with van der Waals surface area (Å²) in [6.45, 7) is 3.96. The normalized spacial score (nSPS) is 20.9. The van der Waals surface area contributed by atoms with Crippen molar-refractivity contribution in [2.45, 2.75) is 37.6 Å². The molecule has 1 unspecified atom stereocenters. The fraction of sp³-hybridized carbons (Fsp3) is 0.619. The van der Waals surface area contributed by atoms with Crippen LogP contribution in [0.2, 0.25) is 0 Å². The first-order valence-corrected chi connectivity index (χ1v) is 11.6. The number of pyridine rings is 1. The minimum absolute atomic E-state index is 0.0231. The Balaban J connectivity index is 1.44. The van der Waals surface area contributed by atoms with Crippen molar-refractivity contribution in [2.24, 2.45) is 0 Å². The van der Waals surface area contributed by atoms with Gasteiger partial charge in [0.25, 0.3) is 5.91 Å². The van der Waals surface area contributed by atoms with Crippen LogP contribution in [0.3, 0.4) is 0 Å². The van der Waals surface area contributed by atoms with Gasteiger partial charge in [0.2, 0.25) is 0 Å². The van der Waals surface area contributed by atoms with Crippen molar-refractivity contribution in [1.29, 1.82) is 0 Å². The SMILES string of the molecule is CNC(=O)c1csc2c(C(F)(F)F)cc(N3CCC(OCCN4CCC(O)C4)CC3)nc12. The molecule has 7 nitrogen and oxygen atoms in total. The Bertz CT molecular complexity index is 960. The largest absolute Gasteiger partial charge is 0.417 e. The summed E-state index contributed by atoms with van der Waals surface area (Å²) < 4.78 is 47.1. The first-order chi connectivity index (χ1) is 15.3. The third-order valence-electron chi connectivity index (χ3n) is 6.06. The number of halogens is 3. The van der Waals surface area contributed by atoms with Crippen LogP contribution >= 0.6 is 11.3 Å². The van der Waals surface area contributed by atoms with E-state index < -0.39 is 17.6 Å². The van der Waals surface area contributed by atoms with Crippen LogP contribution in [0.25, 0.3) is 10.2 Å². The molecule has 4 heterocycles. The number of ether oxygens (including phenoxy) is 1. The molecule has 11 heteroatoms. The molecule has 2 aliphatic heterocycles. The molecular formula is C21H27F3N4O3S. The van der Waals surface area contributed by atoms with Crippen LogP contribution < -0.4 is 10.2 Å². The summed E-state index contributed by atoms with van der Waals surface area (Å²) in [5.74, 6) is -0.218. The molecule has 0 aromatic carbocycles. The number of thiophene rings is 1. The summed E-state index contributed by atoms with van der Waals surface area (Å²) in [7, 11) is 1.44. The predicted octanol–water partition coefficient (Wildman–Crippen LogP) is 2.73. The van der Waals surface area contributed by atoms with E-state index in [0.717, 1.165) is 36.9 Å². The Morgan fingerprint density at radius 3 is 2.69 bits per heavy atom. The molecule has 0 bridgehead atoms. The van der Waals surface area contributed by atoms with Crippen LogP contribution in [0.15, 0.2) is 11.4 Å².